The fourth-order valence-electron chi connectivity index (χ4n) is 4.11. The first kappa shape index (κ1) is 20.4. The summed E-state index contributed by atoms with van der Waals surface area (Å²) in [4.78, 5) is 24.6. The Bertz CT molecular complexity index is 662. The molecule has 1 aliphatic heterocycles. The predicted octanol–water partition coefficient (Wildman–Crippen LogP) is 3.28. The van der Waals surface area contributed by atoms with Crippen LogP contribution in [0.1, 0.15) is 44.1 Å². The van der Waals surface area contributed by atoms with Gasteiger partial charge in [0, 0.05) is 18.9 Å². The molecule has 0 radical (unpaired) electrons. The molecule has 28 heavy (non-hydrogen) atoms. The van der Waals surface area contributed by atoms with Crippen molar-refractivity contribution in [2.45, 2.75) is 50.2 Å². The molecule has 1 amide bonds. The van der Waals surface area contributed by atoms with E-state index in [0.717, 1.165) is 44.3 Å². The molecular weight excluding hydrogens is 356 g/mol. The highest BCUT2D eigenvalue weighted by atomic mass is 16.6. The highest BCUT2D eigenvalue weighted by Gasteiger charge is 2.40. The fourth-order valence-corrected chi connectivity index (χ4v) is 4.11. The molecule has 152 valence electrons. The van der Waals surface area contributed by atoms with Gasteiger partial charge in [0.25, 0.3) is 0 Å². The third kappa shape index (κ3) is 5.13. The number of carbonyl (C=O) groups is 2. The average Bonchev–Trinajstić information content (AvgIpc) is 2.74. The van der Waals surface area contributed by atoms with Crippen molar-refractivity contribution in [1.82, 2.24) is 10.6 Å². The topological polar surface area (TPSA) is 76.7 Å². The van der Waals surface area contributed by atoms with Crippen LogP contribution in [0.2, 0.25) is 0 Å². The van der Waals surface area contributed by atoms with Crippen LogP contribution in [0.25, 0.3) is 0 Å². The summed E-state index contributed by atoms with van der Waals surface area (Å²) in [5, 5.41) is 6.21. The second kappa shape index (κ2) is 9.73. The first-order chi connectivity index (χ1) is 13.6. The number of nitrogens with one attached hydrogen (secondary N) is 2. The van der Waals surface area contributed by atoms with Crippen molar-refractivity contribution in [3.05, 3.63) is 48.6 Å². The van der Waals surface area contributed by atoms with Gasteiger partial charge in [-0.05, 0) is 44.3 Å². The van der Waals surface area contributed by atoms with Gasteiger partial charge in [0.1, 0.15) is 12.2 Å². The Kier molecular flexibility index (Phi) is 7.09. The number of rotatable bonds is 6. The Morgan fingerprint density at radius 2 is 1.82 bits per heavy atom. The summed E-state index contributed by atoms with van der Waals surface area (Å²) in [5.41, 5.74) is 0.540. The standard InChI is InChI=1S/C22H30N2O4/c1-2-16-27-21(26)24-19-10-8-17(9-11-19)20(25)28-22(12-14-23-15-13-22)18-6-4-3-5-7-18/h2-7,17,19,23H,1,8-16H2,(H,24,26). The molecule has 0 bridgehead atoms. The molecule has 0 aromatic heterocycles. The van der Waals surface area contributed by atoms with Crippen molar-refractivity contribution < 1.29 is 19.1 Å². The lowest BCUT2D eigenvalue weighted by Crippen LogP contribution is -2.45. The normalized spacial score (nSPS) is 24.0. The minimum Gasteiger partial charge on any atom is -0.454 e. The van der Waals surface area contributed by atoms with Gasteiger partial charge in [-0.3, -0.25) is 4.79 Å². The van der Waals surface area contributed by atoms with Gasteiger partial charge in [0.05, 0.1) is 5.92 Å². The monoisotopic (exact) mass is 386 g/mol. The molecule has 6 heteroatoms. The lowest BCUT2D eigenvalue weighted by atomic mass is 9.83. The van der Waals surface area contributed by atoms with E-state index >= 15 is 0 Å². The van der Waals surface area contributed by atoms with E-state index in [2.05, 4.69) is 17.2 Å². The minimum absolute atomic E-state index is 0.0447. The molecule has 1 aromatic rings. The van der Waals surface area contributed by atoms with Crippen LogP contribution < -0.4 is 10.6 Å². The first-order valence-corrected chi connectivity index (χ1v) is 10.2. The van der Waals surface area contributed by atoms with Crippen molar-refractivity contribution >= 4 is 12.1 Å². The van der Waals surface area contributed by atoms with E-state index in [1.54, 1.807) is 0 Å². The SMILES string of the molecule is C=CCOC(=O)NC1CCC(C(=O)OC2(c3ccccc3)CCNCC2)CC1. The summed E-state index contributed by atoms with van der Waals surface area (Å²) in [6, 6.07) is 10.1. The molecule has 1 saturated heterocycles. The summed E-state index contributed by atoms with van der Waals surface area (Å²) in [5.74, 6) is -0.226. The van der Waals surface area contributed by atoms with Gasteiger partial charge in [-0.25, -0.2) is 4.79 Å². The predicted molar refractivity (Wildman–Crippen MR) is 107 cm³/mol. The zero-order chi connectivity index (χ0) is 19.8. The van der Waals surface area contributed by atoms with Crippen LogP contribution in [0.15, 0.2) is 43.0 Å². The maximum absolute atomic E-state index is 12.9. The Balaban J connectivity index is 1.55. The number of piperidine rings is 1. The number of esters is 1. The number of ether oxygens (including phenoxy) is 2. The van der Waals surface area contributed by atoms with Crippen molar-refractivity contribution in [3.63, 3.8) is 0 Å². The zero-order valence-electron chi connectivity index (χ0n) is 16.3. The third-order valence-corrected chi connectivity index (χ3v) is 5.72. The third-order valence-electron chi connectivity index (χ3n) is 5.72. The molecular formula is C22H30N2O4. The smallest absolute Gasteiger partial charge is 0.407 e. The molecule has 2 aliphatic rings. The highest BCUT2D eigenvalue weighted by Crippen LogP contribution is 2.37. The van der Waals surface area contributed by atoms with E-state index in [9.17, 15) is 9.59 Å². The van der Waals surface area contributed by atoms with Crippen LogP contribution >= 0.6 is 0 Å². The first-order valence-electron chi connectivity index (χ1n) is 10.2. The Labute approximate surface area is 166 Å². The Hall–Kier alpha value is -2.34. The summed E-state index contributed by atoms with van der Waals surface area (Å²) < 4.78 is 11.1. The maximum atomic E-state index is 12.9. The van der Waals surface area contributed by atoms with Crippen LogP contribution in [0.5, 0.6) is 0 Å². The molecule has 1 aliphatic carbocycles. The van der Waals surface area contributed by atoms with E-state index in [4.69, 9.17) is 9.47 Å². The van der Waals surface area contributed by atoms with Crippen LogP contribution in [-0.4, -0.2) is 37.8 Å². The number of carbonyl (C=O) groups excluding carboxylic acids is 2. The van der Waals surface area contributed by atoms with Crippen molar-refractivity contribution in [2.75, 3.05) is 19.7 Å². The van der Waals surface area contributed by atoms with E-state index < -0.39 is 11.7 Å². The summed E-state index contributed by atoms with van der Waals surface area (Å²) in [7, 11) is 0. The largest absolute Gasteiger partial charge is 0.454 e. The molecule has 1 aromatic carbocycles. The summed E-state index contributed by atoms with van der Waals surface area (Å²) >= 11 is 0. The van der Waals surface area contributed by atoms with Gasteiger partial charge in [-0.2, -0.15) is 0 Å². The molecule has 1 heterocycles. The maximum Gasteiger partial charge on any atom is 0.407 e. The van der Waals surface area contributed by atoms with Gasteiger partial charge >= 0.3 is 12.1 Å². The fraction of sp³-hybridized carbons (Fsp3) is 0.545. The van der Waals surface area contributed by atoms with Gasteiger partial charge < -0.3 is 20.1 Å². The quantitative estimate of drug-likeness (QED) is 0.580. The minimum atomic E-state index is -0.535. The van der Waals surface area contributed by atoms with Gasteiger partial charge in [-0.1, -0.05) is 43.0 Å². The molecule has 1 saturated carbocycles. The van der Waals surface area contributed by atoms with E-state index in [1.807, 2.05) is 30.3 Å². The van der Waals surface area contributed by atoms with Crippen LogP contribution in [0.4, 0.5) is 4.79 Å². The number of hydrogen-bond acceptors (Lipinski definition) is 5. The molecule has 3 rings (SSSR count). The Morgan fingerprint density at radius 1 is 1.14 bits per heavy atom. The van der Waals surface area contributed by atoms with Crippen LogP contribution in [-0.2, 0) is 19.9 Å². The second-order valence-electron chi connectivity index (χ2n) is 7.61. The van der Waals surface area contributed by atoms with Crippen LogP contribution in [0, 0.1) is 5.92 Å². The lowest BCUT2D eigenvalue weighted by Gasteiger charge is -2.39. The van der Waals surface area contributed by atoms with Gasteiger partial charge in [0.2, 0.25) is 0 Å². The van der Waals surface area contributed by atoms with E-state index in [1.165, 1.54) is 6.08 Å². The molecule has 6 nitrogen and oxygen atoms in total. The molecule has 2 N–H and O–H groups in total. The van der Waals surface area contributed by atoms with Crippen molar-refractivity contribution in [3.8, 4) is 0 Å². The summed E-state index contributed by atoms with van der Waals surface area (Å²) in [6.07, 6.45) is 5.62. The molecule has 0 atom stereocenters. The lowest BCUT2D eigenvalue weighted by molar-refractivity contribution is -0.170. The Morgan fingerprint density at radius 3 is 2.46 bits per heavy atom. The number of amides is 1. The molecule has 0 unspecified atom stereocenters. The van der Waals surface area contributed by atoms with Crippen LogP contribution in [0.3, 0.4) is 0 Å². The zero-order valence-corrected chi connectivity index (χ0v) is 16.3. The van der Waals surface area contributed by atoms with E-state index in [-0.39, 0.29) is 24.5 Å². The number of hydrogen-bond donors (Lipinski definition) is 2. The van der Waals surface area contributed by atoms with Gasteiger partial charge in [0.15, 0.2) is 0 Å². The second-order valence-corrected chi connectivity index (χ2v) is 7.61. The number of benzene rings is 1. The molecule has 2 fully saturated rings. The van der Waals surface area contributed by atoms with E-state index in [0.29, 0.717) is 12.8 Å². The molecule has 0 spiro atoms. The average molecular weight is 386 g/mol. The van der Waals surface area contributed by atoms with Crippen molar-refractivity contribution in [1.29, 1.82) is 0 Å². The highest BCUT2D eigenvalue weighted by molar-refractivity contribution is 5.73. The summed E-state index contributed by atoms with van der Waals surface area (Å²) in [6.45, 7) is 5.40. The number of alkyl carbamates (subject to hydrolysis) is 1. The van der Waals surface area contributed by atoms with Crippen molar-refractivity contribution in [2.24, 2.45) is 5.92 Å². The van der Waals surface area contributed by atoms with Gasteiger partial charge in [-0.15, -0.1) is 0 Å².